The summed E-state index contributed by atoms with van der Waals surface area (Å²) in [6.07, 6.45) is 2.60. The standard InChI is InChI=1S/C8H5Cl2N5O/c9-5-1-4(2-11-6(5)10)7(16)14-8-12-3-13-15-8/h1-3H,(H2,12,13,14,15,16). The summed E-state index contributed by atoms with van der Waals surface area (Å²) < 4.78 is 0. The average Bonchev–Trinajstić information content (AvgIpc) is 2.74. The third-order valence-corrected chi connectivity index (χ3v) is 2.39. The lowest BCUT2D eigenvalue weighted by Crippen LogP contribution is -2.13. The molecule has 2 aromatic rings. The number of H-pyrrole nitrogens is 1. The number of aromatic nitrogens is 4. The minimum absolute atomic E-state index is 0.151. The lowest BCUT2D eigenvalue weighted by Gasteiger charge is -2.02. The highest BCUT2D eigenvalue weighted by molar-refractivity contribution is 6.41. The van der Waals surface area contributed by atoms with Crippen molar-refractivity contribution in [1.29, 1.82) is 0 Å². The van der Waals surface area contributed by atoms with Crippen LogP contribution >= 0.6 is 23.2 Å². The monoisotopic (exact) mass is 257 g/mol. The van der Waals surface area contributed by atoms with Crippen LogP contribution in [-0.2, 0) is 0 Å². The Balaban J connectivity index is 2.18. The minimum atomic E-state index is -0.400. The highest BCUT2D eigenvalue weighted by Gasteiger charge is 2.10. The molecule has 0 saturated heterocycles. The van der Waals surface area contributed by atoms with Crippen molar-refractivity contribution in [3.8, 4) is 0 Å². The van der Waals surface area contributed by atoms with Crippen molar-refractivity contribution >= 4 is 35.1 Å². The maximum atomic E-state index is 11.6. The molecule has 0 saturated carbocycles. The predicted molar refractivity (Wildman–Crippen MR) is 58.6 cm³/mol. The summed E-state index contributed by atoms with van der Waals surface area (Å²) in [5.41, 5.74) is 0.283. The zero-order chi connectivity index (χ0) is 11.5. The largest absolute Gasteiger partial charge is 0.291 e. The number of nitrogens with zero attached hydrogens (tertiary/aromatic N) is 3. The number of amides is 1. The molecule has 8 heteroatoms. The van der Waals surface area contributed by atoms with Crippen molar-refractivity contribution in [3.05, 3.63) is 34.3 Å². The second kappa shape index (κ2) is 4.46. The molecule has 0 aromatic carbocycles. The van der Waals surface area contributed by atoms with E-state index in [4.69, 9.17) is 23.2 Å². The first-order valence-corrected chi connectivity index (χ1v) is 4.90. The molecular weight excluding hydrogens is 253 g/mol. The first kappa shape index (κ1) is 10.8. The number of anilines is 1. The van der Waals surface area contributed by atoms with Gasteiger partial charge in [0.05, 0.1) is 10.6 Å². The number of hydrogen-bond donors (Lipinski definition) is 2. The van der Waals surface area contributed by atoms with Gasteiger partial charge in [0.25, 0.3) is 5.91 Å². The lowest BCUT2D eigenvalue weighted by atomic mass is 10.3. The van der Waals surface area contributed by atoms with Crippen molar-refractivity contribution in [2.45, 2.75) is 0 Å². The summed E-state index contributed by atoms with van der Waals surface area (Å²) in [7, 11) is 0. The van der Waals surface area contributed by atoms with Crippen LogP contribution in [0.4, 0.5) is 5.95 Å². The zero-order valence-corrected chi connectivity index (χ0v) is 9.25. The van der Waals surface area contributed by atoms with E-state index in [-0.39, 0.29) is 21.7 Å². The van der Waals surface area contributed by atoms with Gasteiger partial charge in [0.15, 0.2) is 0 Å². The molecule has 0 bridgehead atoms. The van der Waals surface area contributed by atoms with Crippen LogP contribution in [0.2, 0.25) is 10.2 Å². The van der Waals surface area contributed by atoms with E-state index in [1.54, 1.807) is 0 Å². The van der Waals surface area contributed by atoms with E-state index in [1.165, 1.54) is 18.6 Å². The molecule has 0 fully saturated rings. The molecular formula is C8H5Cl2N5O. The number of carbonyl (C=O) groups excluding carboxylic acids is 1. The molecule has 0 atom stereocenters. The van der Waals surface area contributed by atoms with E-state index in [9.17, 15) is 4.79 Å². The van der Waals surface area contributed by atoms with Crippen LogP contribution in [0.1, 0.15) is 10.4 Å². The average molecular weight is 258 g/mol. The fourth-order valence-corrected chi connectivity index (χ4v) is 1.26. The van der Waals surface area contributed by atoms with Crippen LogP contribution < -0.4 is 5.32 Å². The van der Waals surface area contributed by atoms with E-state index < -0.39 is 5.91 Å². The smallest absolute Gasteiger partial charge is 0.259 e. The fourth-order valence-electron chi connectivity index (χ4n) is 0.991. The number of hydrogen-bond acceptors (Lipinski definition) is 4. The Labute approximate surface area is 100 Å². The molecule has 0 aliphatic carbocycles. The summed E-state index contributed by atoms with van der Waals surface area (Å²) in [5.74, 6) is -0.154. The molecule has 16 heavy (non-hydrogen) atoms. The maximum Gasteiger partial charge on any atom is 0.259 e. The molecule has 0 aliphatic rings. The summed E-state index contributed by atoms with van der Waals surface area (Å²) in [6.45, 7) is 0. The molecule has 82 valence electrons. The normalized spacial score (nSPS) is 10.1. The van der Waals surface area contributed by atoms with Crippen LogP contribution in [0, 0.1) is 0 Å². The van der Waals surface area contributed by atoms with Crippen molar-refractivity contribution in [3.63, 3.8) is 0 Å². The Morgan fingerprint density at radius 2 is 2.19 bits per heavy atom. The van der Waals surface area contributed by atoms with Gasteiger partial charge in [-0.2, -0.15) is 10.1 Å². The van der Waals surface area contributed by atoms with Gasteiger partial charge in [-0.1, -0.05) is 23.2 Å². The van der Waals surface area contributed by atoms with Gasteiger partial charge in [-0.25, -0.2) is 10.1 Å². The highest BCUT2D eigenvalue weighted by Crippen LogP contribution is 2.19. The topological polar surface area (TPSA) is 83.6 Å². The van der Waals surface area contributed by atoms with Crippen molar-refractivity contribution in [2.75, 3.05) is 5.32 Å². The van der Waals surface area contributed by atoms with Gasteiger partial charge < -0.3 is 0 Å². The van der Waals surface area contributed by atoms with E-state index in [2.05, 4.69) is 25.5 Å². The van der Waals surface area contributed by atoms with Gasteiger partial charge in [-0.05, 0) is 6.07 Å². The zero-order valence-electron chi connectivity index (χ0n) is 7.74. The van der Waals surface area contributed by atoms with Crippen LogP contribution in [0.15, 0.2) is 18.6 Å². The molecule has 2 rings (SSSR count). The molecule has 0 radical (unpaired) electrons. The Kier molecular flexibility index (Phi) is 3.02. The Morgan fingerprint density at radius 1 is 1.38 bits per heavy atom. The fraction of sp³-hybridized carbons (Fsp3) is 0. The van der Waals surface area contributed by atoms with Gasteiger partial charge in [0.2, 0.25) is 5.95 Å². The van der Waals surface area contributed by atoms with Gasteiger partial charge in [0.1, 0.15) is 11.5 Å². The van der Waals surface area contributed by atoms with Gasteiger partial charge in [0, 0.05) is 6.20 Å². The van der Waals surface area contributed by atoms with Crippen LogP contribution in [0.3, 0.4) is 0 Å². The van der Waals surface area contributed by atoms with Gasteiger partial charge >= 0.3 is 0 Å². The van der Waals surface area contributed by atoms with Crippen LogP contribution in [0.25, 0.3) is 0 Å². The van der Waals surface area contributed by atoms with Gasteiger partial charge in [-0.15, -0.1) is 0 Å². The lowest BCUT2D eigenvalue weighted by molar-refractivity contribution is 0.102. The Morgan fingerprint density at radius 3 is 2.81 bits per heavy atom. The number of pyridine rings is 1. The van der Waals surface area contributed by atoms with Crippen molar-refractivity contribution < 1.29 is 4.79 Å². The molecule has 1 amide bonds. The number of aromatic amines is 1. The maximum absolute atomic E-state index is 11.6. The van der Waals surface area contributed by atoms with Gasteiger partial charge in [-0.3, -0.25) is 10.1 Å². The van der Waals surface area contributed by atoms with E-state index >= 15 is 0 Å². The minimum Gasteiger partial charge on any atom is -0.291 e. The second-order valence-electron chi connectivity index (χ2n) is 2.78. The summed E-state index contributed by atoms with van der Waals surface area (Å²) in [6, 6.07) is 1.42. The molecule has 0 spiro atoms. The number of carbonyl (C=O) groups is 1. The molecule has 0 unspecified atom stereocenters. The summed E-state index contributed by atoms with van der Waals surface area (Å²) in [4.78, 5) is 19.1. The quantitative estimate of drug-likeness (QED) is 0.804. The summed E-state index contributed by atoms with van der Waals surface area (Å²) in [5, 5.41) is 8.92. The number of rotatable bonds is 2. The molecule has 2 aromatic heterocycles. The first-order chi connectivity index (χ1) is 7.66. The SMILES string of the molecule is O=C(Nc1ncn[nH]1)c1cnc(Cl)c(Cl)c1. The van der Waals surface area contributed by atoms with Crippen molar-refractivity contribution in [2.24, 2.45) is 0 Å². The third kappa shape index (κ3) is 2.29. The Bertz CT molecular complexity index is 513. The first-order valence-electron chi connectivity index (χ1n) is 4.14. The molecule has 0 aliphatic heterocycles. The highest BCUT2D eigenvalue weighted by atomic mass is 35.5. The Hall–Kier alpha value is -1.66. The second-order valence-corrected chi connectivity index (χ2v) is 3.55. The molecule has 6 nitrogen and oxygen atoms in total. The van der Waals surface area contributed by atoms with Crippen molar-refractivity contribution in [1.82, 2.24) is 20.2 Å². The van der Waals surface area contributed by atoms with E-state index in [0.717, 1.165) is 0 Å². The van der Waals surface area contributed by atoms with E-state index in [1.807, 2.05) is 0 Å². The van der Waals surface area contributed by atoms with E-state index in [0.29, 0.717) is 0 Å². The van der Waals surface area contributed by atoms with Crippen LogP contribution in [0.5, 0.6) is 0 Å². The number of nitrogens with one attached hydrogen (secondary N) is 2. The van der Waals surface area contributed by atoms with Crippen LogP contribution in [-0.4, -0.2) is 26.1 Å². The molecule has 2 heterocycles. The predicted octanol–water partition coefficient (Wildman–Crippen LogP) is 1.76. The number of halogens is 2. The summed E-state index contributed by atoms with van der Waals surface area (Å²) >= 11 is 11.4. The molecule has 2 N–H and O–H groups in total. The third-order valence-electron chi connectivity index (χ3n) is 1.71.